The Morgan fingerprint density at radius 1 is 1.50 bits per heavy atom. The largest absolute Gasteiger partial charge is 0.380 e. The summed E-state index contributed by atoms with van der Waals surface area (Å²) >= 11 is 2.16. The van der Waals surface area contributed by atoms with Crippen molar-refractivity contribution in [3.8, 4) is 0 Å². The minimum Gasteiger partial charge on any atom is -0.380 e. The van der Waals surface area contributed by atoms with Gasteiger partial charge < -0.3 is 10.1 Å². The molecule has 0 saturated heterocycles. The molecule has 0 bridgehead atoms. The Kier molecular flexibility index (Phi) is 5.76. The monoisotopic (exact) mass is 333 g/mol. The van der Waals surface area contributed by atoms with Gasteiger partial charge in [0.25, 0.3) is 5.91 Å². The first kappa shape index (κ1) is 13.4. The summed E-state index contributed by atoms with van der Waals surface area (Å²) in [6.07, 6.45) is 0. The molecule has 0 heterocycles. The summed E-state index contributed by atoms with van der Waals surface area (Å²) in [6, 6.07) is 7.56. The smallest absolute Gasteiger partial charge is 0.252 e. The summed E-state index contributed by atoms with van der Waals surface area (Å²) < 4.78 is 6.21. The van der Waals surface area contributed by atoms with Gasteiger partial charge in [0.2, 0.25) is 0 Å². The fourth-order valence-corrected chi connectivity index (χ4v) is 1.92. The van der Waals surface area contributed by atoms with Gasteiger partial charge in [0.05, 0.1) is 12.2 Å². The molecule has 1 aromatic rings. The molecule has 4 heteroatoms. The van der Waals surface area contributed by atoms with Crippen LogP contribution in [-0.2, 0) is 4.74 Å². The molecule has 1 atom stereocenters. The van der Waals surface area contributed by atoms with Crippen LogP contribution in [0, 0.1) is 3.57 Å². The van der Waals surface area contributed by atoms with E-state index in [0.717, 1.165) is 3.57 Å². The minimum atomic E-state index is -0.0443. The molecule has 1 N–H and O–H groups in total. The lowest BCUT2D eigenvalue weighted by molar-refractivity contribution is 0.0871. The zero-order chi connectivity index (χ0) is 12.0. The molecule has 0 radical (unpaired) electrons. The third kappa shape index (κ3) is 4.09. The maximum Gasteiger partial charge on any atom is 0.252 e. The normalized spacial score (nSPS) is 12.2. The Morgan fingerprint density at radius 3 is 2.81 bits per heavy atom. The molecule has 0 saturated carbocycles. The van der Waals surface area contributed by atoms with Crippen LogP contribution < -0.4 is 5.32 Å². The third-order valence-electron chi connectivity index (χ3n) is 2.07. The van der Waals surface area contributed by atoms with Gasteiger partial charge in [-0.25, -0.2) is 0 Å². The highest BCUT2D eigenvalue weighted by molar-refractivity contribution is 14.1. The van der Waals surface area contributed by atoms with Crippen LogP contribution in [0.5, 0.6) is 0 Å². The van der Waals surface area contributed by atoms with Gasteiger partial charge in [-0.15, -0.1) is 0 Å². The van der Waals surface area contributed by atoms with Crippen LogP contribution in [0.15, 0.2) is 24.3 Å². The highest BCUT2D eigenvalue weighted by Crippen LogP contribution is 2.11. The summed E-state index contributed by atoms with van der Waals surface area (Å²) in [4.78, 5) is 11.9. The molecule has 16 heavy (non-hydrogen) atoms. The van der Waals surface area contributed by atoms with Crippen molar-refractivity contribution in [2.45, 2.75) is 19.9 Å². The Hall–Kier alpha value is -0.620. The molecule has 1 unspecified atom stereocenters. The number of halogens is 1. The molecule has 0 spiro atoms. The van der Waals surface area contributed by atoms with Crippen LogP contribution in [0.25, 0.3) is 0 Å². The highest BCUT2D eigenvalue weighted by atomic mass is 127. The van der Waals surface area contributed by atoms with E-state index in [2.05, 4.69) is 27.9 Å². The van der Waals surface area contributed by atoms with E-state index in [1.807, 2.05) is 38.1 Å². The average Bonchev–Trinajstić information content (AvgIpc) is 2.26. The number of nitrogens with one attached hydrogen (secondary N) is 1. The first-order valence-corrected chi connectivity index (χ1v) is 6.36. The Balaban J connectivity index is 2.56. The fourth-order valence-electron chi connectivity index (χ4n) is 1.28. The predicted molar refractivity (Wildman–Crippen MR) is 72.6 cm³/mol. The summed E-state index contributed by atoms with van der Waals surface area (Å²) in [7, 11) is 0. The topological polar surface area (TPSA) is 38.3 Å². The molecular weight excluding hydrogens is 317 g/mol. The standard InChI is InChI=1S/C12H16INO2/c1-3-16-8-9(2)14-12(15)10-6-4-5-7-11(10)13/h4-7,9H,3,8H2,1-2H3,(H,14,15). The van der Waals surface area contributed by atoms with Crippen LogP contribution in [0.2, 0.25) is 0 Å². The number of ether oxygens (including phenoxy) is 1. The Labute approximate surface area is 110 Å². The maximum atomic E-state index is 11.9. The van der Waals surface area contributed by atoms with Gasteiger partial charge in [-0.1, -0.05) is 12.1 Å². The first-order valence-electron chi connectivity index (χ1n) is 5.28. The van der Waals surface area contributed by atoms with Crippen molar-refractivity contribution in [3.05, 3.63) is 33.4 Å². The average molecular weight is 333 g/mol. The van der Waals surface area contributed by atoms with Gasteiger partial charge in [-0.05, 0) is 48.6 Å². The molecule has 0 fully saturated rings. The molecule has 3 nitrogen and oxygen atoms in total. The van der Waals surface area contributed by atoms with Crippen molar-refractivity contribution in [2.75, 3.05) is 13.2 Å². The van der Waals surface area contributed by atoms with Crippen molar-refractivity contribution >= 4 is 28.5 Å². The van der Waals surface area contributed by atoms with E-state index in [-0.39, 0.29) is 11.9 Å². The highest BCUT2D eigenvalue weighted by Gasteiger charge is 2.11. The lowest BCUT2D eigenvalue weighted by atomic mass is 10.2. The van der Waals surface area contributed by atoms with Crippen LogP contribution in [-0.4, -0.2) is 25.2 Å². The van der Waals surface area contributed by atoms with Crippen LogP contribution in [0.1, 0.15) is 24.2 Å². The quantitative estimate of drug-likeness (QED) is 0.841. The summed E-state index contributed by atoms with van der Waals surface area (Å²) in [5.74, 6) is -0.0443. The van der Waals surface area contributed by atoms with Gasteiger partial charge in [0.1, 0.15) is 0 Å². The summed E-state index contributed by atoms with van der Waals surface area (Å²) in [6.45, 7) is 5.09. The number of hydrogen-bond acceptors (Lipinski definition) is 2. The van der Waals surface area contributed by atoms with E-state index in [1.165, 1.54) is 0 Å². The summed E-state index contributed by atoms with van der Waals surface area (Å²) in [5, 5.41) is 2.90. The van der Waals surface area contributed by atoms with Crippen molar-refractivity contribution < 1.29 is 9.53 Å². The van der Waals surface area contributed by atoms with Gasteiger partial charge in [-0.3, -0.25) is 4.79 Å². The fraction of sp³-hybridized carbons (Fsp3) is 0.417. The van der Waals surface area contributed by atoms with E-state index in [4.69, 9.17) is 4.74 Å². The van der Waals surface area contributed by atoms with Crippen LogP contribution >= 0.6 is 22.6 Å². The van der Waals surface area contributed by atoms with Crippen molar-refractivity contribution in [1.82, 2.24) is 5.32 Å². The SMILES string of the molecule is CCOCC(C)NC(=O)c1ccccc1I. The zero-order valence-electron chi connectivity index (χ0n) is 9.50. The second kappa shape index (κ2) is 6.85. The molecule has 88 valence electrons. The third-order valence-corrected chi connectivity index (χ3v) is 3.01. The van der Waals surface area contributed by atoms with Crippen molar-refractivity contribution in [3.63, 3.8) is 0 Å². The van der Waals surface area contributed by atoms with Gasteiger partial charge >= 0.3 is 0 Å². The van der Waals surface area contributed by atoms with Gasteiger partial charge in [0.15, 0.2) is 0 Å². The lowest BCUT2D eigenvalue weighted by Gasteiger charge is -2.14. The molecule has 1 aromatic carbocycles. The maximum absolute atomic E-state index is 11.9. The Bertz CT molecular complexity index is 355. The van der Waals surface area contributed by atoms with E-state index in [1.54, 1.807) is 0 Å². The van der Waals surface area contributed by atoms with Crippen LogP contribution in [0.3, 0.4) is 0 Å². The number of hydrogen-bond donors (Lipinski definition) is 1. The predicted octanol–water partition coefficient (Wildman–Crippen LogP) is 2.45. The molecule has 0 aliphatic rings. The molecular formula is C12H16INO2. The minimum absolute atomic E-state index is 0.0310. The lowest BCUT2D eigenvalue weighted by Crippen LogP contribution is -2.36. The molecule has 0 aliphatic carbocycles. The number of amides is 1. The van der Waals surface area contributed by atoms with Crippen molar-refractivity contribution in [1.29, 1.82) is 0 Å². The van der Waals surface area contributed by atoms with Gasteiger partial charge in [0, 0.05) is 16.2 Å². The molecule has 1 amide bonds. The first-order chi connectivity index (χ1) is 7.65. The molecule has 0 aliphatic heterocycles. The number of benzene rings is 1. The van der Waals surface area contributed by atoms with E-state index >= 15 is 0 Å². The van der Waals surface area contributed by atoms with Gasteiger partial charge in [-0.2, -0.15) is 0 Å². The second-order valence-electron chi connectivity index (χ2n) is 3.51. The van der Waals surface area contributed by atoms with E-state index < -0.39 is 0 Å². The van der Waals surface area contributed by atoms with Crippen molar-refractivity contribution in [2.24, 2.45) is 0 Å². The Morgan fingerprint density at radius 2 is 2.19 bits per heavy atom. The second-order valence-corrected chi connectivity index (χ2v) is 4.68. The van der Waals surface area contributed by atoms with E-state index in [9.17, 15) is 4.79 Å². The molecule has 1 rings (SSSR count). The summed E-state index contributed by atoms with van der Waals surface area (Å²) in [5.41, 5.74) is 0.714. The van der Waals surface area contributed by atoms with Crippen LogP contribution in [0.4, 0.5) is 0 Å². The number of carbonyl (C=O) groups excluding carboxylic acids is 1. The molecule has 0 aromatic heterocycles. The van der Waals surface area contributed by atoms with E-state index in [0.29, 0.717) is 18.8 Å². The number of rotatable bonds is 5. The zero-order valence-corrected chi connectivity index (χ0v) is 11.7. The number of carbonyl (C=O) groups is 1.